The third-order valence-corrected chi connectivity index (χ3v) is 3.67. The molecule has 1 N–H and O–H groups in total. The Kier molecular flexibility index (Phi) is 4.36. The predicted octanol–water partition coefficient (Wildman–Crippen LogP) is 3.27. The lowest BCUT2D eigenvalue weighted by molar-refractivity contribution is 0.122. The van der Waals surface area contributed by atoms with Crippen LogP contribution in [0.2, 0.25) is 0 Å². The van der Waals surface area contributed by atoms with Gasteiger partial charge in [-0.05, 0) is 29.8 Å². The number of nitrogens with one attached hydrogen (secondary N) is 1. The summed E-state index contributed by atoms with van der Waals surface area (Å²) in [5, 5.41) is 3.12. The molecule has 2 aromatic carbocycles. The summed E-state index contributed by atoms with van der Waals surface area (Å²) in [6, 6.07) is 15.1. The summed E-state index contributed by atoms with van der Waals surface area (Å²) in [5.74, 6) is -0.220. The van der Waals surface area contributed by atoms with E-state index in [4.69, 9.17) is 4.74 Å². The van der Waals surface area contributed by atoms with E-state index in [0.717, 1.165) is 31.9 Å². The van der Waals surface area contributed by atoms with Gasteiger partial charge in [0.2, 0.25) is 0 Å². The lowest BCUT2D eigenvalue weighted by Gasteiger charge is -2.28. The third-order valence-electron chi connectivity index (χ3n) is 3.67. The van der Waals surface area contributed by atoms with Crippen molar-refractivity contribution in [3.05, 3.63) is 59.9 Å². The van der Waals surface area contributed by atoms with Crippen molar-refractivity contribution in [3.8, 4) is 0 Å². The van der Waals surface area contributed by atoms with E-state index in [2.05, 4.69) is 34.5 Å². The van der Waals surface area contributed by atoms with Crippen LogP contribution in [0.1, 0.15) is 5.56 Å². The number of morpholine rings is 1. The van der Waals surface area contributed by atoms with Gasteiger partial charge < -0.3 is 15.0 Å². The van der Waals surface area contributed by atoms with E-state index in [9.17, 15) is 4.39 Å². The molecule has 3 nitrogen and oxygen atoms in total. The quantitative estimate of drug-likeness (QED) is 0.933. The van der Waals surface area contributed by atoms with E-state index in [1.165, 1.54) is 11.8 Å². The molecule has 0 saturated carbocycles. The molecule has 3 rings (SSSR count). The fourth-order valence-electron chi connectivity index (χ4n) is 2.45. The topological polar surface area (TPSA) is 24.5 Å². The zero-order valence-corrected chi connectivity index (χ0v) is 11.9. The van der Waals surface area contributed by atoms with Gasteiger partial charge in [0.05, 0.1) is 18.9 Å². The van der Waals surface area contributed by atoms with Gasteiger partial charge in [0, 0.05) is 25.3 Å². The van der Waals surface area contributed by atoms with Gasteiger partial charge in [0.1, 0.15) is 5.82 Å². The molecule has 1 aliphatic heterocycles. The predicted molar refractivity (Wildman–Crippen MR) is 83.2 cm³/mol. The zero-order valence-electron chi connectivity index (χ0n) is 11.9. The summed E-state index contributed by atoms with van der Waals surface area (Å²) in [5.41, 5.74) is 2.89. The highest BCUT2D eigenvalue weighted by atomic mass is 19.1. The van der Waals surface area contributed by atoms with Crippen molar-refractivity contribution in [3.63, 3.8) is 0 Å². The molecule has 110 valence electrons. The average molecular weight is 286 g/mol. The number of para-hydroxylation sites is 1. The first kappa shape index (κ1) is 13.9. The molecule has 0 unspecified atom stereocenters. The van der Waals surface area contributed by atoms with Gasteiger partial charge in [-0.3, -0.25) is 0 Å². The van der Waals surface area contributed by atoms with Gasteiger partial charge in [0.25, 0.3) is 0 Å². The Morgan fingerprint density at radius 3 is 2.43 bits per heavy atom. The van der Waals surface area contributed by atoms with Crippen molar-refractivity contribution < 1.29 is 9.13 Å². The van der Waals surface area contributed by atoms with Crippen LogP contribution in [0.25, 0.3) is 0 Å². The number of anilines is 2. The van der Waals surface area contributed by atoms with Crippen LogP contribution in [0, 0.1) is 5.82 Å². The van der Waals surface area contributed by atoms with E-state index < -0.39 is 0 Å². The van der Waals surface area contributed by atoms with E-state index in [1.807, 2.05) is 6.07 Å². The minimum atomic E-state index is -0.220. The molecule has 0 aromatic heterocycles. The van der Waals surface area contributed by atoms with E-state index >= 15 is 0 Å². The summed E-state index contributed by atoms with van der Waals surface area (Å²) in [4.78, 5) is 2.32. The summed E-state index contributed by atoms with van der Waals surface area (Å²) >= 11 is 0. The van der Waals surface area contributed by atoms with E-state index in [1.54, 1.807) is 12.1 Å². The first-order valence-corrected chi connectivity index (χ1v) is 7.23. The Bertz CT molecular complexity index is 580. The lowest BCUT2D eigenvalue weighted by Crippen LogP contribution is -2.36. The number of benzene rings is 2. The Morgan fingerprint density at radius 2 is 1.71 bits per heavy atom. The molecule has 1 saturated heterocycles. The van der Waals surface area contributed by atoms with Crippen molar-refractivity contribution in [2.24, 2.45) is 0 Å². The highest BCUT2D eigenvalue weighted by Gasteiger charge is 2.10. The van der Waals surface area contributed by atoms with Crippen molar-refractivity contribution in [1.29, 1.82) is 0 Å². The fraction of sp³-hybridized carbons (Fsp3) is 0.294. The number of nitrogens with zero attached hydrogens (tertiary/aromatic N) is 1. The Hall–Kier alpha value is -2.07. The van der Waals surface area contributed by atoms with Gasteiger partial charge in [-0.1, -0.05) is 24.3 Å². The van der Waals surface area contributed by atoms with Crippen molar-refractivity contribution >= 4 is 11.4 Å². The Labute approximate surface area is 124 Å². The Morgan fingerprint density at radius 1 is 1.00 bits per heavy atom. The maximum atomic E-state index is 13.5. The molecule has 0 amide bonds. The number of ether oxygens (including phenoxy) is 1. The fourth-order valence-corrected chi connectivity index (χ4v) is 2.45. The summed E-state index contributed by atoms with van der Waals surface area (Å²) in [6.45, 7) is 4.07. The zero-order chi connectivity index (χ0) is 14.5. The maximum Gasteiger partial charge on any atom is 0.146 e. The lowest BCUT2D eigenvalue weighted by atomic mass is 10.2. The smallest absolute Gasteiger partial charge is 0.146 e. The molecule has 0 atom stereocenters. The van der Waals surface area contributed by atoms with Gasteiger partial charge in [0.15, 0.2) is 0 Å². The van der Waals surface area contributed by atoms with Crippen LogP contribution in [0.5, 0.6) is 0 Å². The van der Waals surface area contributed by atoms with E-state index in [0.29, 0.717) is 12.2 Å². The van der Waals surface area contributed by atoms with Crippen LogP contribution in [-0.4, -0.2) is 26.3 Å². The van der Waals surface area contributed by atoms with Crippen LogP contribution in [0.3, 0.4) is 0 Å². The van der Waals surface area contributed by atoms with Gasteiger partial charge in [-0.15, -0.1) is 0 Å². The molecule has 2 aromatic rings. The minimum absolute atomic E-state index is 0.220. The Balaban J connectivity index is 1.60. The maximum absolute atomic E-state index is 13.5. The van der Waals surface area contributed by atoms with Crippen LogP contribution in [0.15, 0.2) is 48.5 Å². The third kappa shape index (κ3) is 3.52. The molecule has 1 aliphatic rings. The van der Waals surface area contributed by atoms with Crippen LogP contribution in [0.4, 0.5) is 15.8 Å². The average Bonchev–Trinajstić information content (AvgIpc) is 2.55. The van der Waals surface area contributed by atoms with Gasteiger partial charge in [-0.2, -0.15) is 0 Å². The van der Waals surface area contributed by atoms with Crippen LogP contribution in [-0.2, 0) is 11.3 Å². The van der Waals surface area contributed by atoms with Gasteiger partial charge >= 0.3 is 0 Å². The number of hydrogen-bond acceptors (Lipinski definition) is 3. The molecule has 0 spiro atoms. The standard InChI is InChI=1S/C17H19FN2O/c18-16-3-1-2-4-17(16)19-13-14-5-7-15(8-6-14)20-9-11-21-12-10-20/h1-8,19H,9-13H2. The molecule has 0 bridgehead atoms. The first-order valence-electron chi connectivity index (χ1n) is 7.23. The second kappa shape index (κ2) is 6.59. The largest absolute Gasteiger partial charge is 0.379 e. The molecular weight excluding hydrogens is 267 g/mol. The second-order valence-electron chi connectivity index (χ2n) is 5.10. The monoisotopic (exact) mass is 286 g/mol. The highest BCUT2D eigenvalue weighted by Crippen LogP contribution is 2.18. The molecule has 4 heteroatoms. The molecule has 1 heterocycles. The summed E-state index contributed by atoms with van der Waals surface area (Å²) in [6.07, 6.45) is 0. The van der Waals surface area contributed by atoms with Crippen molar-refractivity contribution in [2.75, 3.05) is 36.5 Å². The molecule has 1 fully saturated rings. The van der Waals surface area contributed by atoms with E-state index in [-0.39, 0.29) is 5.82 Å². The summed E-state index contributed by atoms with van der Waals surface area (Å²) in [7, 11) is 0. The number of halogens is 1. The normalized spacial score (nSPS) is 15.0. The van der Waals surface area contributed by atoms with Crippen molar-refractivity contribution in [1.82, 2.24) is 0 Å². The van der Waals surface area contributed by atoms with Crippen LogP contribution >= 0.6 is 0 Å². The van der Waals surface area contributed by atoms with Crippen LogP contribution < -0.4 is 10.2 Å². The molecule has 0 aliphatic carbocycles. The molecule has 0 radical (unpaired) electrons. The second-order valence-corrected chi connectivity index (χ2v) is 5.10. The van der Waals surface area contributed by atoms with Gasteiger partial charge in [-0.25, -0.2) is 4.39 Å². The minimum Gasteiger partial charge on any atom is -0.379 e. The summed E-state index contributed by atoms with van der Waals surface area (Å²) < 4.78 is 18.9. The highest BCUT2D eigenvalue weighted by molar-refractivity contribution is 5.49. The first-order chi connectivity index (χ1) is 10.3. The molecular formula is C17H19FN2O. The van der Waals surface area contributed by atoms with Crippen molar-refractivity contribution in [2.45, 2.75) is 6.54 Å². The SMILES string of the molecule is Fc1ccccc1NCc1ccc(N2CCOCC2)cc1. The molecule has 21 heavy (non-hydrogen) atoms. The number of rotatable bonds is 4. The number of hydrogen-bond donors (Lipinski definition) is 1.